The average molecular weight is 313 g/mol. The lowest BCUT2D eigenvalue weighted by Crippen LogP contribution is -2.50. The van der Waals surface area contributed by atoms with Crippen molar-refractivity contribution in [3.05, 3.63) is 28.2 Å². The van der Waals surface area contributed by atoms with Crippen molar-refractivity contribution >= 4 is 21.6 Å². The van der Waals surface area contributed by atoms with E-state index in [2.05, 4.69) is 51.8 Å². The number of rotatable bonds is 2. The number of nitrogens with zero attached hydrogens (tertiary/aromatic N) is 2. The predicted octanol–water partition coefficient (Wildman–Crippen LogP) is 2.64. The van der Waals surface area contributed by atoms with Crippen LogP contribution in [0, 0.1) is 0 Å². The first-order valence-corrected chi connectivity index (χ1v) is 7.21. The normalized spacial score (nSPS) is 23.2. The molecule has 1 aliphatic heterocycles. The SMILES string of the molecule is CC1CN(C)CCN1c1ccc([C@@H](C)O)c(Br)c1. The fourth-order valence-electron chi connectivity index (χ4n) is 2.56. The summed E-state index contributed by atoms with van der Waals surface area (Å²) in [6.07, 6.45) is -0.432. The van der Waals surface area contributed by atoms with Crippen molar-refractivity contribution < 1.29 is 5.11 Å². The van der Waals surface area contributed by atoms with Crippen LogP contribution >= 0.6 is 15.9 Å². The van der Waals surface area contributed by atoms with Crippen molar-refractivity contribution in [2.24, 2.45) is 0 Å². The van der Waals surface area contributed by atoms with Gasteiger partial charge in [0.15, 0.2) is 0 Å². The van der Waals surface area contributed by atoms with E-state index in [1.807, 2.05) is 6.07 Å². The molecule has 1 N–H and O–H groups in total. The molecule has 100 valence electrons. The lowest BCUT2D eigenvalue weighted by atomic mass is 10.1. The molecule has 18 heavy (non-hydrogen) atoms. The lowest BCUT2D eigenvalue weighted by molar-refractivity contribution is 0.198. The maximum atomic E-state index is 9.64. The zero-order chi connectivity index (χ0) is 13.3. The first kappa shape index (κ1) is 13.8. The van der Waals surface area contributed by atoms with Crippen LogP contribution in [0.4, 0.5) is 5.69 Å². The van der Waals surface area contributed by atoms with Gasteiger partial charge in [-0.3, -0.25) is 0 Å². The van der Waals surface area contributed by atoms with Crippen molar-refractivity contribution in [2.45, 2.75) is 26.0 Å². The van der Waals surface area contributed by atoms with Crippen LogP contribution in [0.2, 0.25) is 0 Å². The molecule has 1 unspecified atom stereocenters. The summed E-state index contributed by atoms with van der Waals surface area (Å²) < 4.78 is 0.987. The molecule has 0 amide bonds. The third-order valence-corrected chi connectivity index (χ3v) is 4.28. The number of anilines is 1. The van der Waals surface area contributed by atoms with E-state index in [4.69, 9.17) is 0 Å². The second-order valence-corrected chi connectivity index (χ2v) is 6.04. The fraction of sp³-hybridized carbons (Fsp3) is 0.571. The van der Waals surface area contributed by atoms with Gasteiger partial charge in [-0.1, -0.05) is 22.0 Å². The molecule has 0 radical (unpaired) electrons. The molecule has 1 fully saturated rings. The van der Waals surface area contributed by atoms with E-state index in [0.29, 0.717) is 6.04 Å². The van der Waals surface area contributed by atoms with Crippen LogP contribution in [0.15, 0.2) is 22.7 Å². The smallest absolute Gasteiger partial charge is 0.0772 e. The fourth-order valence-corrected chi connectivity index (χ4v) is 3.25. The van der Waals surface area contributed by atoms with E-state index in [-0.39, 0.29) is 0 Å². The van der Waals surface area contributed by atoms with Crippen LogP contribution in [0.1, 0.15) is 25.5 Å². The summed E-state index contributed by atoms with van der Waals surface area (Å²) in [5, 5.41) is 9.64. The summed E-state index contributed by atoms with van der Waals surface area (Å²) >= 11 is 3.55. The second kappa shape index (κ2) is 5.59. The third kappa shape index (κ3) is 2.87. The maximum Gasteiger partial charge on any atom is 0.0772 e. The van der Waals surface area contributed by atoms with Gasteiger partial charge >= 0.3 is 0 Å². The Morgan fingerprint density at radius 3 is 2.67 bits per heavy atom. The molecule has 2 atom stereocenters. The standard InChI is InChI=1S/C14H21BrN2O/c1-10-9-16(3)6-7-17(10)12-4-5-13(11(2)18)14(15)8-12/h4-5,8,10-11,18H,6-7,9H2,1-3H3/t10?,11-/m1/s1. The van der Waals surface area contributed by atoms with Crippen LogP contribution in [0.3, 0.4) is 0 Å². The highest BCUT2D eigenvalue weighted by Gasteiger charge is 2.22. The molecular formula is C14H21BrN2O. The second-order valence-electron chi connectivity index (χ2n) is 5.19. The van der Waals surface area contributed by atoms with Crippen LogP contribution in [-0.2, 0) is 0 Å². The Morgan fingerprint density at radius 1 is 1.39 bits per heavy atom. The van der Waals surface area contributed by atoms with Gasteiger partial charge in [0.1, 0.15) is 0 Å². The van der Waals surface area contributed by atoms with Gasteiger partial charge in [-0.15, -0.1) is 0 Å². The minimum Gasteiger partial charge on any atom is -0.389 e. The Bertz CT molecular complexity index is 422. The molecule has 0 aromatic heterocycles. The first-order chi connectivity index (χ1) is 8.49. The zero-order valence-electron chi connectivity index (χ0n) is 11.2. The van der Waals surface area contributed by atoms with E-state index in [1.54, 1.807) is 6.92 Å². The van der Waals surface area contributed by atoms with E-state index in [1.165, 1.54) is 5.69 Å². The largest absolute Gasteiger partial charge is 0.389 e. The van der Waals surface area contributed by atoms with E-state index in [9.17, 15) is 5.11 Å². The van der Waals surface area contributed by atoms with Crippen LogP contribution in [-0.4, -0.2) is 42.7 Å². The molecule has 0 aliphatic carbocycles. The molecular weight excluding hydrogens is 292 g/mol. The minimum absolute atomic E-state index is 0.432. The summed E-state index contributed by atoms with van der Waals surface area (Å²) in [5.74, 6) is 0. The molecule has 2 rings (SSSR count). The number of benzene rings is 1. The molecule has 3 nitrogen and oxygen atoms in total. The number of halogens is 1. The van der Waals surface area contributed by atoms with Crippen molar-refractivity contribution in [3.63, 3.8) is 0 Å². The van der Waals surface area contributed by atoms with Crippen molar-refractivity contribution in [1.29, 1.82) is 0 Å². The van der Waals surface area contributed by atoms with Gasteiger partial charge < -0.3 is 14.9 Å². The zero-order valence-corrected chi connectivity index (χ0v) is 12.8. The van der Waals surface area contributed by atoms with Gasteiger partial charge in [0.2, 0.25) is 0 Å². The van der Waals surface area contributed by atoms with Crippen molar-refractivity contribution in [1.82, 2.24) is 4.90 Å². The van der Waals surface area contributed by atoms with E-state index >= 15 is 0 Å². The van der Waals surface area contributed by atoms with Gasteiger partial charge in [-0.05, 0) is 38.6 Å². The molecule has 0 spiro atoms. The van der Waals surface area contributed by atoms with Gasteiger partial charge in [0.25, 0.3) is 0 Å². The summed E-state index contributed by atoms with van der Waals surface area (Å²) in [6.45, 7) is 7.29. The number of piperazine rings is 1. The van der Waals surface area contributed by atoms with Gasteiger partial charge in [-0.25, -0.2) is 0 Å². The van der Waals surface area contributed by atoms with Crippen LogP contribution < -0.4 is 4.90 Å². The number of aliphatic hydroxyl groups excluding tert-OH is 1. The number of hydrogen-bond donors (Lipinski definition) is 1. The monoisotopic (exact) mass is 312 g/mol. The topological polar surface area (TPSA) is 26.7 Å². The summed E-state index contributed by atoms with van der Waals surface area (Å²) in [4.78, 5) is 4.79. The van der Waals surface area contributed by atoms with Gasteiger partial charge in [0, 0.05) is 35.8 Å². The Labute approximate surface area is 118 Å². The first-order valence-electron chi connectivity index (χ1n) is 6.41. The van der Waals surface area contributed by atoms with Gasteiger partial charge in [0.05, 0.1) is 6.10 Å². The molecule has 0 bridgehead atoms. The summed E-state index contributed by atoms with van der Waals surface area (Å²) in [5.41, 5.74) is 2.17. The molecule has 1 heterocycles. The molecule has 0 saturated carbocycles. The highest BCUT2D eigenvalue weighted by molar-refractivity contribution is 9.10. The minimum atomic E-state index is -0.432. The van der Waals surface area contributed by atoms with Crippen LogP contribution in [0.25, 0.3) is 0 Å². The molecule has 1 aromatic carbocycles. The van der Waals surface area contributed by atoms with E-state index < -0.39 is 6.10 Å². The lowest BCUT2D eigenvalue weighted by Gasteiger charge is -2.40. The summed E-state index contributed by atoms with van der Waals surface area (Å²) in [7, 11) is 2.17. The molecule has 4 heteroatoms. The Morgan fingerprint density at radius 2 is 2.11 bits per heavy atom. The van der Waals surface area contributed by atoms with Gasteiger partial charge in [-0.2, -0.15) is 0 Å². The molecule has 1 aromatic rings. The van der Waals surface area contributed by atoms with Crippen molar-refractivity contribution in [3.8, 4) is 0 Å². The highest BCUT2D eigenvalue weighted by Crippen LogP contribution is 2.29. The maximum absolute atomic E-state index is 9.64. The number of likely N-dealkylation sites (N-methyl/N-ethyl adjacent to an activating group) is 1. The molecule has 1 saturated heterocycles. The number of hydrogen-bond acceptors (Lipinski definition) is 3. The van der Waals surface area contributed by atoms with Crippen LogP contribution in [0.5, 0.6) is 0 Å². The Kier molecular flexibility index (Phi) is 4.30. The predicted molar refractivity (Wildman–Crippen MR) is 79.1 cm³/mol. The number of aliphatic hydroxyl groups is 1. The molecule has 1 aliphatic rings. The Balaban J connectivity index is 2.21. The highest BCUT2D eigenvalue weighted by atomic mass is 79.9. The summed E-state index contributed by atoms with van der Waals surface area (Å²) in [6, 6.07) is 6.75. The quantitative estimate of drug-likeness (QED) is 0.909. The van der Waals surface area contributed by atoms with E-state index in [0.717, 1.165) is 29.7 Å². The average Bonchev–Trinajstić information content (AvgIpc) is 2.28. The third-order valence-electron chi connectivity index (χ3n) is 3.60. The Hall–Kier alpha value is -0.580. The van der Waals surface area contributed by atoms with Crippen molar-refractivity contribution in [2.75, 3.05) is 31.6 Å².